The van der Waals surface area contributed by atoms with Gasteiger partial charge in [-0.2, -0.15) is 0 Å². The van der Waals surface area contributed by atoms with Crippen molar-refractivity contribution in [1.29, 1.82) is 0 Å². The zero-order valence-electron chi connectivity index (χ0n) is 9.15. The number of nitrogens with one attached hydrogen (secondary N) is 1. The summed E-state index contributed by atoms with van der Waals surface area (Å²) >= 11 is 13.5. The first-order valence-electron chi connectivity index (χ1n) is 5.13. The molecule has 0 aliphatic rings. The van der Waals surface area contributed by atoms with Gasteiger partial charge in [-0.25, -0.2) is 0 Å². The van der Waals surface area contributed by atoms with Crippen LogP contribution >= 0.6 is 40.2 Å². The van der Waals surface area contributed by atoms with Gasteiger partial charge in [0.15, 0.2) is 0 Å². The van der Waals surface area contributed by atoms with Crippen molar-refractivity contribution in [2.75, 3.05) is 5.32 Å². The van der Waals surface area contributed by atoms with Crippen LogP contribution in [0.25, 0.3) is 0 Å². The summed E-state index contributed by atoms with van der Waals surface area (Å²) < 4.78 is 0.664. The summed E-state index contributed by atoms with van der Waals surface area (Å²) in [7, 11) is 0. The van der Waals surface area contributed by atoms with E-state index < -0.39 is 0 Å². The van der Waals surface area contributed by atoms with Gasteiger partial charge in [0.1, 0.15) is 0 Å². The van der Waals surface area contributed by atoms with Crippen LogP contribution in [0, 0.1) is 0 Å². The Bertz CT molecular complexity index is 603. The van der Waals surface area contributed by atoms with Crippen LogP contribution in [-0.2, 0) is 0 Å². The van der Waals surface area contributed by atoms with Gasteiger partial charge in [-0.05, 0) is 40.2 Å². The second kappa shape index (κ2) is 5.78. The lowest BCUT2D eigenvalue weighted by molar-refractivity contribution is 0.102. The molecule has 92 valence electrons. The summed E-state index contributed by atoms with van der Waals surface area (Å²) in [5.74, 6) is -0.219. The Morgan fingerprint density at radius 1 is 1.17 bits per heavy atom. The van der Waals surface area contributed by atoms with Gasteiger partial charge in [0, 0.05) is 4.90 Å². The van der Waals surface area contributed by atoms with Gasteiger partial charge in [0.05, 0.1) is 20.7 Å². The minimum absolute atomic E-state index is 0.219. The van der Waals surface area contributed by atoms with E-state index in [1.807, 2.05) is 6.07 Å². The molecule has 0 aromatic heterocycles. The van der Waals surface area contributed by atoms with Crippen LogP contribution in [0.3, 0.4) is 0 Å². The Kier molecular flexibility index (Phi) is 4.32. The second-order valence-electron chi connectivity index (χ2n) is 3.57. The number of rotatable bonds is 2. The van der Waals surface area contributed by atoms with Gasteiger partial charge >= 0.3 is 0 Å². The number of carbonyl (C=O) groups excluding carboxylic acids is 1. The van der Waals surface area contributed by atoms with Crippen LogP contribution in [0.1, 0.15) is 10.4 Å². The van der Waals surface area contributed by atoms with Crippen LogP contribution < -0.4 is 5.32 Å². The highest BCUT2D eigenvalue weighted by molar-refractivity contribution is 9.10. The highest BCUT2D eigenvalue weighted by atomic mass is 79.9. The maximum atomic E-state index is 12.1. The van der Waals surface area contributed by atoms with E-state index in [1.54, 1.807) is 36.4 Å². The lowest BCUT2D eigenvalue weighted by Gasteiger charge is -2.09. The highest BCUT2D eigenvalue weighted by Crippen LogP contribution is 2.30. The molecule has 0 saturated carbocycles. The number of amides is 1. The molecule has 0 saturated heterocycles. The fourth-order valence-corrected chi connectivity index (χ4v) is 2.26. The maximum absolute atomic E-state index is 12.1. The number of carbonyl (C=O) groups is 1. The number of benzene rings is 2. The largest absolute Gasteiger partial charge is 0.321 e. The van der Waals surface area contributed by atoms with Crippen LogP contribution in [0.2, 0.25) is 5.02 Å². The molecule has 2 aromatic carbocycles. The molecule has 18 heavy (non-hydrogen) atoms. The van der Waals surface area contributed by atoms with E-state index in [2.05, 4.69) is 33.9 Å². The van der Waals surface area contributed by atoms with E-state index >= 15 is 0 Å². The molecule has 1 amide bonds. The zero-order valence-corrected chi connectivity index (χ0v) is 12.4. The first kappa shape index (κ1) is 13.5. The molecule has 0 spiro atoms. The standard InChI is InChI=1S/C13H9BrClNOS/c14-12-9(15)5-3-6-10(12)16-13(17)8-4-1-2-7-11(8)18/h1-7,18H,(H,16,17). The SMILES string of the molecule is O=C(Nc1cccc(Cl)c1Br)c1ccccc1S. The topological polar surface area (TPSA) is 29.1 Å². The van der Waals surface area contributed by atoms with Gasteiger partial charge < -0.3 is 5.32 Å². The third kappa shape index (κ3) is 2.88. The third-order valence-electron chi connectivity index (χ3n) is 2.35. The summed E-state index contributed by atoms with van der Waals surface area (Å²) in [6, 6.07) is 12.4. The lowest BCUT2D eigenvalue weighted by Crippen LogP contribution is -2.13. The number of halogens is 2. The molecule has 0 fully saturated rings. The van der Waals surface area contributed by atoms with Crippen LogP contribution in [0.15, 0.2) is 51.8 Å². The summed E-state index contributed by atoms with van der Waals surface area (Å²) in [5, 5.41) is 3.34. The molecule has 0 atom stereocenters. The highest BCUT2D eigenvalue weighted by Gasteiger charge is 2.11. The summed E-state index contributed by atoms with van der Waals surface area (Å²) in [4.78, 5) is 12.7. The predicted molar refractivity (Wildman–Crippen MR) is 80.8 cm³/mol. The Hall–Kier alpha value is -0.970. The first-order chi connectivity index (χ1) is 8.59. The Labute approximate surface area is 124 Å². The fourth-order valence-electron chi connectivity index (χ4n) is 1.46. The van der Waals surface area contributed by atoms with Crippen molar-refractivity contribution in [2.24, 2.45) is 0 Å². The van der Waals surface area contributed by atoms with E-state index in [9.17, 15) is 4.79 Å². The van der Waals surface area contributed by atoms with Crippen molar-refractivity contribution in [1.82, 2.24) is 0 Å². The molecule has 2 nitrogen and oxygen atoms in total. The summed E-state index contributed by atoms with van der Waals surface area (Å²) in [6.45, 7) is 0. The molecule has 0 aliphatic carbocycles. The maximum Gasteiger partial charge on any atom is 0.256 e. The number of thiol groups is 1. The van der Waals surface area contributed by atoms with Gasteiger partial charge in [-0.15, -0.1) is 12.6 Å². The normalized spacial score (nSPS) is 10.2. The quantitative estimate of drug-likeness (QED) is 0.765. The number of hydrogen-bond donors (Lipinski definition) is 2. The summed E-state index contributed by atoms with van der Waals surface area (Å²) in [6.07, 6.45) is 0. The molecule has 1 N–H and O–H groups in total. The van der Waals surface area contributed by atoms with E-state index in [1.165, 1.54) is 0 Å². The van der Waals surface area contributed by atoms with Gasteiger partial charge in [0.2, 0.25) is 0 Å². The molecule has 0 heterocycles. The molecule has 0 aliphatic heterocycles. The van der Waals surface area contributed by atoms with Crippen molar-refractivity contribution in [3.63, 3.8) is 0 Å². The molecule has 5 heteroatoms. The van der Waals surface area contributed by atoms with Crippen LogP contribution in [0.5, 0.6) is 0 Å². The predicted octanol–water partition coefficient (Wildman–Crippen LogP) is 4.64. The van der Waals surface area contributed by atoms with Crippen molar-refractivity contribution in [3.05, 3.63) is 57.5 Å². The van der Waals surface area contributed by atoms with E-state index in [0.29, 0.717) is 25.6 Å². The van der Waals surface area contributed by atoms with E-state index in [4.69, 9.17) is 11.6 Å². The molecule has 0 unspecified atom stereocenters. The Balaban J connectivity index is 2.27. The molecule has 0 radical (unpaired) electrons. The molecule has 2 aromatic rings. The first-order valence-corrected chi connectivity index (χ1v) is 6.75. The number of anilines is 1. The summed E-state index contributed by atoms with van der Waals surface area (Å²) in [5.41, 5.74) is 1.15. The lowest BCUT2D eigenvalue weighted by atomic mass is 10.2. The fraction of sp³-hybridized carbons (Fsp3) is 0. The minimum atomic E-state index is -0.219. The van der Waals surface area contributed by atoms with Crippen molar-refractivity contribution >= 4 is 51.8 Å². The Morgan fingerprint density at radius 3 is 2.61 bits per heavy atom. The second-order valence-corrected chi connectivity index (χ2v) is 5.25. The van der Waals surface area contributed by atoms with Gasteiger partial charge in [-0.1, -0.05) is 29.8 Å². The van der Waals surface area contributed by atoms with Crippen molar-refractivity contribution < 1.29 is 4.79 Å². The van der Waals surface area contributed by atoms with E-state index in [-0.39, 0.29) is 5.91 Å². The molecular formula is C13H9BrClNOS. The van der Waals surface area contributed by atoms with E-state index in [0.717, 1.165) is 0 Å². The third-order valence-corrected chi connectivity index (χ3v) is 4.14. The van der Waals surface area contributed by atoms with Crippen molar-refractivity contribution in [3.8, 4) is 0 Å². The average molecular weight is 343 g/mol. The monoisotopic (exact) mass is 341 g/mol. The average Bonchev–Trinajstić information content (AvgIpc) is 2.35. The van der Waals surface area contributed by atoms with Gasteiger partial charge in [0.25, 0.3) is 5.91 Å². The zero-order chi connectivity index (χ0) is 13.1. The molecule has 0 bridgehead atoms. The molecular weight excluding hydrogens is 334 g/mol. The van der Waals surface area contributed by atoms with Crippen LogP contribution in [0.4, 0.5) is 5.69 Å². The smallest absolute Gasteiger partial charge is 0.256 e. The minimum Gasteiger partial charge on any atom is -0.321 e. The van der Waals surface area contributed by atoms with Crippen LogP contribution in [-0.4, -0.2) is 5.91 Å². The number of hydrogen-bond acceptors (Lipinski definition) is 2. The Morgan fingerprint density at radius 2 is 1.89 bits per heavy atom. The molecule has 2 rings (SSSR count). The van der Waals surface area contributed by atoms with Gasteiger partial charge in [-0.3, -0.25) is 4.79 Å². The van der Waals surface area contributed by atoms with Crippen molar-refractivity contribution in [2.45, 2.75) is 4.90 Å².